The monoisotopic (exact) mass is 249 g/mol. The lowest BCUT2D eigenvalue weighted by molar-refractivity contribution is 0.186. The molecule has 1 aliphatic heterocycles. The highest BCUT2D eigenvalue weighted by Gasteiger charge is 2.16. The minimum atomic E-state index is -0.0590. The van der Waals surface area contributed by atoms with E-state index in [1.807, 2.05) is 0 Å². The first kappa shape index (κ1) is 12.6. The van der Waals surface area contributed by atoms with E-state index in [9.17, 15) is 0 Å². The van der Waals surface area contributed by atoms with Crippen LogP contribution < -0.4 is 0 Å². The second kappa shape index (κ2) is 6.20. The van der Waals surface area contributed by atoms with Gasteiger partial charge in [-0.25, -0.2) is 0 Å². The highest BCUT2D eigenvalue weighted by molar-refractivity contribution is 7.10. The summed E-state index contributed by atoms with van der Waals surface area (Å²) in [6, 6.07) is 2.05. The molecule has 0 aliphatic carbocycles. The highest BCUT2D eigenvalue weighted by Crippen LogP contribution is 2.22. The molecule has 0 amide bonds. The van der Waals surface area contributed by atoms with Crippen molar-refractivity contribution in [1.82, 2.24) is 4.90 Å². The summed E-state index contributed by atoms with van der Waals surface area (Å²) in [6.45, 7) is 5.69. The van der Waals surface area contributed by atoms with Crippen molar-refractivity contribution in [2.45, 2.75) is 26.3 Å². The molecule has 1 fully saturated rings. The van der Waals surface area contributed by atoms with Crippen LogP contribution in [0.15, 0.2) is 11.4 Å². The summed E-state index contributed by atoms with van der Waals surface area (Å²) >= 11 is 1.77. The van der Waals surface area contributed by atoms with E-state index in [1.54, 1.807) is 11.3 Å². The molecule has 1 aliphatic rings. The number of nitrogens with zero attached hydrogens (tertiary/aromatic N) is 1. The van der Waals surface area contributed by atoms with Gasteiger partial charge < -0.3 is 5.11 Å². The smallest absolute Gasteiger partial charge is 0.104 e. The predicted molar refractivity (Wildman–Crippen MR) is 72.0 cm³/mol. The summed E-state index contributed by atoms with van der Waals surface area (Å²) < 4.78 is 0. The third-order valence-corrected chi connectivity index (χ3v) is 4.20. The van der Waals surface area contributed by atoms with Crippen molar-refractivity contribution in [2.24, 2.45) is 5.92 Å². The van der Waals surface area contributed by atoms with Crippen LogP contribution >= 0.6 is 11.3 Å². The quantitative estimate of drug-likeness (QED) is 0.813. The molecule has 1 N–H and O–H groups in total. The van der Waals surface area contributed by atoms with Crippen LogP contribution in [0.3, 0.4) is 0 Å². The van der Waals surface area contributed by atoms with Crippen molar-refractivity contribution in [3.05, 3.63) is 21.9 Å². The Morgan fingerprint density at radius 1 is 1.47 bits per heavy atom. The number of hydrogen-bond acceptors (Lipinski definition) is 3. The van der Waals surface area contributed by atoms with E-state index in [0.717, 1.165) is 18.0 Å². The fourth-order valence-electron chi connectivity index (χ4n) is 2.13. The number of aliphatic hydroxyl groups excluding tert-OH is 1. The Morgan fingerprint density at radius 2 is 2.24 bits per heavy atom. The molecular weight excluding hydrogens is 230 g/mol. The summed E-state index contributed by atoms with van der Waals surface area (Å²) in [4.78, 5) is 3.84. The van der Waals surface area contributed by atoms with Crippen LogP contribution in [-0.4, -0.2) is 29.7 Å². The Kier molecular flexibility index (Phi) is 4.61. The highest BCUT2D eigenvalue weighted by atomic mass is 32.1. The molecule has 3 heteroatoms. The lowest BCUT2D eigenvalue weighted by Gasteiger charge is -2.29. The normalized spacial score (nSPS) is 17.8. The van der Waals surface area contributed by atoms with Gasteiger partial charge in [0.15, 0.2) is 0 Å². The number of piperidine rings is 1. The summed E-state index contributed by atoms with van der Waals surface area (Å²) in [5.41, 5.74) is 1.09. The van der Waals surface area contributed by atoms with Gasteiger partial charge in [0.25, 0.3) is 0 Å². The first-order valence-electron chi connectivity index (χ1n) is 6.18. The second-order valence-corrected chi connectivity index (χ2v) is 5.68. The van der Waals surface area contributed by atoms with Crippen molar-refractivity contribution < 1.29 is 5.11 Å². The molecule has 0 unspecified atom stereocenters. The first-order chi connectivity index (χ1) is 8.29. The van der Waals surface area contributed by atoms with Crippen LogP contribution in [0.5, 0.6) is 0 Å². The van der Waals surface area contributed by atoms with Gasteiger partial charge >= 0.3 is 0 Å². The molecular formula is C14H19NOS. The summed E-state index contributed by atoms with van der Waals surface area (Å²) in [7, 11) is 0. The molecule has 2 nitrogen and oxygen atoms in total. The third kappa shape index (κ3) is 3.57. The SMILES string of the molecule is CC1CCN(Cc2sccc2C#CCO)CC1. The number of aliphatic hydroxyl groups is 1. The van der Waals surface area contributed by atoms with Gasteiger partial charge in [0.1, 0.15) is 6.61 Å². The van der Waals surface area contributed by atoms with E-state index < -0.39 is 0 Å². The minimum Gasteiger partial charge on any atom is -0.384 e. The molecule has 1 aromatic rings. The Morgan fingerprint density at radius 3 is 2.94 bits per heavy atom. The van der Waals surface area contributed by atoms with E-state index in [-0.39, 0.29) is 6.61 Å². The van der Waals surface area contributed by atoms with Gasteiger partial charge in [-0.15, -0.1) is 11.3 Å². The molecule has 1 saturated heterocycles. The van der Waals surface area contributed by atoms with Gasteiger partial charge in [0.2, 0.25) is 0 Å². The van der Waals surface area contributed by atoms with Crippen molar-refractivity contribution in [3.63, 3.8) is 0 Å². The van der Waals surface area contributed by atoms with Crippen LogP contribution in [-0.2, 0) is 6.54 Å². The Labute approximate surface area is 107 Å². The molecule has 0 atom stereocenters. The Hall–Kier alpha value is -0.820. The van der Waals surface area contributed by atoms with Gasteiger partial charge in [-0.3, -0.25) is 4.90 Å². The van der Waals surface area contributed by atoms with E-state index in [1.165, 1.54) is 30.8 Å². The average Bonchev–Trinajstić information content (AvgIpc) is 2.77. The summed E-state index contributed by atoms with van der Waals surface area (Å²) in [5.74, 6) is 6.63. The number of likely N-dealkylation sites (tertiary alicyclic amines) is 1. The van der Waals surface area contributed by atoms with E-state index in [0.29, 0.717) is 0 Å². The molecule has 0 spiro atoms. The standard InChI is InChI=1S/C14H19NOS/c1-12-4-7-15(8-5-12)11-14-13(3-2-9-16)6-10-17-14/h6,10,12,16H,4-5,7-9,11H2,1H3. The van der Waals surface area contributed by atoms with Crippen LogP contribution in [0.4, 0.5) is 0 Å². The van der Waals surface area contributed by atoms with Gasteiger partial charge in [0.05, 0.1) is 0 Å². The summed E-state index contributed by atoms with van der Waals surface area (Å²) in [5, 5.41) is 10.8. The second-order valence-electron chi connectivity index (χ2n) is 4.68. The van der Waals surface area contributed by atoms with Crippen molar-refractivity contribution >= 4 is 11.3 Å². The Bertz CT molecular complexity index is 407. The fourth-order valence-corrected chi connectivity index (χ4v) is 3.00. The lowest BCUT2D eigenvalue weighted by atomic mass is 9.99. The minimum absolute atomic E-state index is 0.0590. The molecule has 17 heavy (non-hydrogen) atoms. The van der Waals surface area contributed by atoms with E-state index >= 15 is 0 Å². The van der Waals surface area contributed by atoms with Crippen LogP contribution in [0.2, 0.25) is 0 Å². The summed E-state index contributed by atoms with van der Waals surface area (Å²) in [6.07, 6.45) is 2.62. The van der Waals surface area contributed by atoms with Gasteiger partial charge in [0, 0.05) is 17.0 Å². The van der Waals surface area contributed by atoms with E-state index in [2.05, 4.69) is 35.1 Å². The van der Waals surface area contributed by atoms with Gasteiger partial charge in [-0.05, 0) is 43.3 Å². The molecule has 2 heterocycles. The number of thiophene rings is 1. The first-order valence-corrected chi connectivity index (χ1v) is 7.06. The lowest BCUT2D eigenvalue weighted by Crippen LogP contribution is -2.32. The van der Waals surface area contributed by atoms with Crippen LogP contribution in [0.1, 0.15) is 30.2 Å². The molecule has 0 aromatic carbocycles. The molecule has 92 valence electrons. The Balaban J connectivity index is 1.96. The molecule has 0 saturated carbocycles. The van der Waals surface area contributed by atoms with E-state index in [4.69, 9.17) is 5.11 Å². The zero-order valence-corrected chi connectivity index (χ0v) is 11.1. The molecule has 1 aromatic heterocycles. The third-order valence-electron chi connectivity index (χ3n) is 3.29. The maximum Gasteiger partial charge on any atom is 0.104 e. The average molecular weight is 249 g/mol. The maximum atomic E-state index is 8.73. The van der Waals surface area contributed by atoms with Crippen molar-refractivity contribution in [3.8, 4) is 11.8 Å². The maximum absolute atomic E-state index is 8.73. The molecule has 0 radical (unpaired) electrons. The van der Waals surface area contributed by atoms with Crippen molar-refractivity contribution in [2.75, 3.05) is 19.7 Å². The molecule has 2 rings (SSSR count). The largest absolute Gasteiger partial charge is 0.384 e. The van der Waals surface area contributed by atoms with Crippen molar-refractivity contribution in [1.29, 1.82) is 0 Å². The van der Waals surface area contributed by atoms with Crippen LogP contribution in [0, 0.1) is 17.8 Å². The zero-order valence-electron chi connectivity index (χ0n) is 10.3. The number of hydrogen-bond donors (Lipinski definition) is 1. The van der Waals surface area contributed by atoms with Gasteiger partial charge in [-0.1, -0.05) is 18.8 Å². The molecule has 0 bridgehead atoms. The van der Waals surface area contributed by atoms with Gasteiger partial charge in [-0.2, -0.15) is 0 Å². The van der Waals surface area contributed by atoms with Crippen LogP contribution in [0.25, 0.3) is 0 Å². The zero-order chi connectivity index (χ0) is 12.1. The number of rotatable bonds is 2. The predicted octanol–water partition coefficient (Wildman–Crippen LogP) is 2.32. The topological polar surface area (TPSA) is 23.5 Å². The fraction of sp³-hybridized carbons (Fsp3) is 0.571.